The summed E-state index contributed by atoms with van der Waals surface area (Å²) in [6.07, 6.45) is 1.41. The molecule has 0 aliphatic heterocycles. The number of aryl methyl sites for hydroxylation is 1. The van der Waals surface area contributed by atoms with Crippen LogP contribution in [0.1, 0.15) is 19.5 Å². The number of fused-ring (bicyclic) bond motifs is 1. The summed E-state index contributed by atoms with van der Waals surface area (Å²) in [5, 5.41) is 7.29. The molecule has 0 amide bonds. The number of rotatable bonds is 5. The van der Waals surface area contributed by atoms with Gasteiger partial charge in [-0.3, -0.25) is 0 Å². The van der Waals surface area contributed by atoms with Crippen LogP contribution in [0.25, 0.3) is 5.78 Å². The Morgan fingerprint density at radius 1 is 1.24 bits per heavy atom. The van der Waals surface area contributed by atoms with Crippen LogP contribution in [-0.2, 0) is 9.84 Å². The van der Waals surface area contributed by atoms with Crippen molar-refractivity contribution in [3.05, 3.63) is 46.8 Å². The second-order valence-corrected chi connectivity index (χ2v) is 9.82. The number of sulfone groups is 1. The van der Waals surface area contributed by atoms with Gasteiger partial charge >= 0.3 is 0 Å². The Labute approximate surface area is 154 Å². The first-order valence-electron chi connectivity index (χ1n) is 7.62. The number of nitrogens with one attached hydrogen (secondary N) is 1. The lowest BCUT2D eigenvalue weighted by molar-refractivity contribution is 0.553. The Kier molecular flexibility index (Phi) is 4.54. The maximum atomic E-state index is 13.0. The van der Waals surface area contributed by atoms with Crippen LogP contribution in [0.15, 0.2) is 46.0 Å². The van der Waals surface area contributed by atoms with E-state index in [-0.39, 0.29) is 6.54 Å². The highest BCUT2D eigenvalue weighted by Crippen LogP contribution is 2.27. The molecule has 0 radical (unpaired) electrons. The molecule has 2 aromatic heterocycles. The molecule has 0 aliphatic carbocycles. The van der Waals surface area contributed by atoms with E-state index in [2.05, 4.69) is 36.3 Å². The van der Waals surface area contributed by atoms with Gasteiger partial charge in [-0.25, -0.2) is 13.4 Å². The fourth-order valence-electron chi connectivity index (χ4n) is 2.39. The smallest absolute Gasteiger partial charge is 0.254 e. The highest BCUT2D eigenvalue weighted by Gasteiger charge is 2.35. The number of hydrogen-bond donors (Lipinski definition) is 1. The van der Waals surface area contributed by atoms with E-state index in [1.54, 1.807) is 42.6 Å². The van der Waals surface area contributed by atoms with Crippen LogP contribution in [0.3, 0.4) is 0 Å². The lowest BCUT2D eigenvalue weighted by Crippen LogP contribution is -2.39. The van der Waals surface area contributed by atoms with Gasteiger partial charge in [-0.05, 0) is 45.0 Å². The molecule has 0 spiro atoms. The third-order valence-electron chi connectivity index (χ3n) is 3.93. The van der Waals surface area contributed by atoms with Crippen LogP contribution in [0.4, 0.5) is 5.82 Å². The summed E-state index contributed by atoms with van der Waals surface area (Å²) < 4.78 is 27.3. The van der Waals surface area contributed by atoms with Crippen molar-refractivity contribution in [2.75, 3.05) is 11.9 Å². The van der Waals surface area contributed by atoms with Crippen LogP contribution in [0, 0.1) is 6.92 Å². The zero-order valence-electron chi connectivity index (χ0n) is 14.1. The Hall–Kier alpha value is -2.00. The average molecular weight is 424 g/mol. The lowest BCUT2D eigenvalue weighted by Gasteiger charge is -2.26. The molecule has 25 heavy (non-hydrogen) atoms. The van der Waals surface area contributed by atoms with E-state index in [1.807, 2.05) is 13.0 Å². The summed E-state index contributed by atoms with van der Waals surface area (Å²) in [5.41, 5.74) is 0.775. The summed E-state index contributed by atoms with van der Waals surface area (Å²) in [5.74, 6) is 1.12. The number of nitrogens with zero attached hydrogens (tertiary/aromatic N) is 4. The second-order valence-electron chi connectivity index (χ2n) is 6.33. The number of anilines is 1. The van der Waals surface area contributed by atoms with Crippen molar-refractivity contribution in [1.82, 2.24) is 19.6 Å². The first-order valence-corrected chi connectivity index (χ1v) is 9.90. The van der Waals surface area contributed by atoms with E-state index in [0.29, 0.717) is 16.5 Å². The van der Waals surface area contributed by atoms with Gasteiger partial charge in [-0.1, -0.05) is 15.9 Å². The van der Waals surface area contributed by atoms with Crippen molar-refractivity contribution >= 4 is 37.4 Å². The Balaban J connectivity index is 1.88. The molecule has 2 heterocycles. The molecule has 3 rings (SSSR count). The van der Waals surface area contributed by atoms with Gasteiger partial charge in [0.05, 0.1) is 9.64 Å². The monoisotopic (exact) mass is 423 g/mol. The van der Waals surface area contributed by atoms with Crippen LogP contribution in [-0.4, -0.2) is 39.3 Å². The highest BCUT2D eigenvalue weighted by atomic mass is 79.9. The second kappa shape index (κ2) is 6.38. The molecular weight excluding hydrogens is 406 g/mol. The zero-order valence-corrected chi connectivity index (χ0v) is 16.5. The van der Waals surface area contributed by atoms with Crippen molar-refractivity contribution in [1.29, 1.82) is 0 Å². The molecule has 0 aliphatic rings. The topological polar surface area (TPSA) is 89.2 Å². The van der Waals surface area contributed by atoms with Gasteiger partial charge in [0.2, 0.25) is 0 Å². The molecule has 0 saturated heterocycles. The maximum Gasteiger partial charge on any atom is 0.254 e. The molecule has 0 fully saturated rings. The van der Waals surface area contributed by atoms with Crippen LogP contribution in [0.2, 0.25) is 0 Å². The van der Waals surface area contributed by atoms with Crippen molar-refractivity contribution in [2.45, 2.75) is 30.4 Å². The van der Waals surface area contributed by atoms with Gasteiger partial charge in [-0.2, -0.15) is 14.6 Å². The number of hydrogen-bond acceptors (Lipinski definition) is 6. The van der Waals surface area contributed by atoms with Crippen LogP contribution >= 0.6 is 15.9 Å². The molecule has 9 heteroatoms. The minimum atomic E-state index is -3.52. The van der Waals surface area contributed by atoms with Crippen molar-refractivity contribution in [3.63, 3.8) is 0 Å². The van der Waals surface area contributed by atoms with E-state index in [9.17, 15) is 8.42 Å². The molecule has 0 atom stereocenters. The van der Waals surface area contributed by atoms with Crippen LogP contribution < -0.4 is 5.32 Å². The van der Waals surface area contributed by atoms with Crippen LogP contribution in [0.5, 0.6) is 0 Å². The first kappa shape index (κ1) is 17.8. The van der Waals surface area contributed by atoms with E-state index in [1.165, 1.54) is 6.33 Å². The summed E-state index contributed by atoms with van der Waals surface area (Å²) >= 11 is 3.32. The van der Waals surface area contributed by atoms with E-state index in [4.69, 9.17) is 0 Å². The third kappa shape index (κ3) is 3.38. The molecule has 1 N–H and O–H groups in total. The van der Waals surface area contributed by atoms with E-state index >= 15 is 0 Å². The van der Waals surface area contributed by atoms with E-state index < -0.39 is 14.6 Å². The fourth-order valence-corrected chi connectivity index (χ4v) is 4.05. The van der Waals surface area contributed by atoms with Gasteiger partial charge in [0, 0.05) is 22.8 Å². The molecule has 0 saturated carbocycles. The minimum absolute atomic E-state index is 0.212. The Bertz CT molecular complexity index is 1010. The molecule has 7 nitrogen and oxygen atoms in total. The summed E-state index contributed by atoms with van der Waals surface area (Å²) in [6.45, 7) is 5.46. The molecule has 0 bridgehead atoms. The number of halogens is 1. The predicted octanol–water partition coefficient (Wildman–Crippen LogP) is 2.86. The van der Waals surface area contributed by atoms with Crippen molar-refractivity contribution in [3.8, 4) is 0 Å². The predicted molar refractivity (Wildman–Crippen MR) is 99.4 cm³/mol. The van der Waals surface area contributed by atoms with Crippen molar-refractivity contribution in [2.24, 2.45) is 0 Å². The number of benzene rings is 1. The maximum absolute atomic E-state index is 13.0. The fraction of sp³-hybridized carbons (Fsp3) is 0.312. The standard InChI is InChI=1S/C16H18BrN5O2S/c1-11-8-14(22-15(21-11)19-10-20-22)18-9-16(2,3)25(23,24)13-6-4-12(17)5-7-13/h4-8,10,18H,9H2,1-3H3. The molecule has 3 aromatic rings. The van der Waals surface area contributed by atoms with Gasteiger partial charge in [0.1, 0.15) is 12.1 Å². The summed E-state index contributed by atoms with van der Waals surface area (Å²) in [4.78, 5) is 8.63. The first-order chi connectivity index (χ1) is 11.7. The third-order valence-corrected chi connectivity index (χ3v) is 6.95. The summed E-state index contributed by atoms with van der Waals surface area (Å²) in [7, 11) is -3.52. The largest absolute Gasteiger partial charge is 0.368 e. The Morgan fingerprint density at radius 3 is 2.60 bits per heavy atom. The summed E-state index contributed by atoms with van der Waals surface area (Å²) in [6, 6.07) is 8.47. The van der Waals surface area contributed by atoms with Gasteiger partial charge in [0.25, 0.3) is 5.78 Å². The van der Waals surface area contributed by atoms with Crippen molar-refractivity contribution < 1.29 is 8.42 Å². The number of aromatic nitrogens is 4. The lowest BCUT2D eigenvalue weighted by atomic mass is 10.2. The van der Waals surface area contributed by atoms with Gasteiger partial charge in [-0.15, -0.1) is 0 Å². The molecule has 1 aromatic carbocycles. The van der Waals surface area contributed by atoms with Gasteiger partial charge < -0.3 is 5.32 Å². The molecule has 0 unspecified atom stereocenters. The SMILES string of the molecule is Cc1cc(NCC(C)(C)S(=O)(=O)c2ccc(Br)cc2)n2ncnc2n1. The molecular formula is C16H18BrN5O2S. The quantitative estimate of drug-likeness (QED) is 0.678. The minimum Gasteiger partial charge on any atom is -0.368 e. The average Bonchev–Trinajstić information content (AvgIpc) is 3.01. The zero-order chi connectivity index (χ0) is 18.2. The normalized spacial score (nSPS) is 12.5. The molecule has 132 valence electrons. The van der Waals surface area contributed by atoms with E-state index in [0.717, 1.165) is 10.2 Å². The van der Waals surface area contributed by atoms with Gasteiger partial charge in [0.15, 0.2) is 9.84 Å². The highest BCUT2D eigenvalue weighted by molar-refractivity contribution is 9.10. The Morgan fingerprint density at radius 2 is 1.92 bits per heavy atom.